The van der Waals surface area contributed by atoms with Crippen LogP contribution in [-0.4, -0.2) is 0 Å². The molecular formula is C8H12S. The summed E-state index contributed by atoms with van der Waals surface area (Å²) >= 11 is 3.95. The van der Waals surface area contributed by atoms with Gasteiger partial charge in [-0.25, -0.2) is 0 Å². The van der Waals surface area contributed by atoms with E-state index in [0.717, 1.165) is 6.42 Å². The van der Waals surface area contributed by atoms with E-state index in [1.807, 2.05) is 12.2 Å². The average molecular weight is 140 g/mol. The monoisotopic (exact) mass is 140 g/mol. The van der Waals surface area contributed by atoms with Gasteiger partial charge in [0.15, 0.2) is 0 Å². The van der Waals surface area contributed by atoms with E-state index < -0.39 is 0 Å². The second-order valence-electron chi connectivity index (χ2n) is 1.65. The third kappa shape index (κ3) is 4.10. The molecule has 0 rings (SSSR count). The predicted octanol–water partition coefficient (Wildman–Crippen LogP) is 2.95. The van der Waals surface area contributed by atoms with Gasteiger partial charge < -0.3 is 0 Å². The number of hydrogen-bond donors (Lipinski definition) is 1. The predicted molar refractivity (Wildman–Crippen MR) is 46.7 cm³/mol. The summed E-state index contributed by atoms with van der Waals surface area (Å²) < 4.78 is 0. The second-order valence-corrected chi connectivity index (χ2v) is 1.94. The van der Waals surface area contributed by atoms with Crippen LogP contribution in [0.15, 0.2) is 35.8 Å². The minimum Gasteiger partial charge on any atom is -0.151 e. The molecule has 0 aromatic rings. The second kappa shape index (κ2) is 5.70. The van der Waals surface area contributed by atoms with Gasteiger partial charge in [-0.3, -0.25) is 0 Å². The molecule has 0 aliphatic carbocycles. The van der Waals surface area contributed by atoms with Crippen LogP contribution >= 0.6 is 12.6 Å². The highest BCUT2D eigenvalue weighted by Gasteiger charge is 1.81. The van der Waals surface area contributed by atoms with Crippen molar-refractivity contribution < 1.29 is 0 Å². The molecule has 0 saturated heterocycles. The average Bonchev–Trinajstić information content (AvgIpc) is 1.88. The van der Waals surface area contributed by atoms with Gasteiger partial charge in [-0.1, -0.05) is 31.7 Å². The zero-order valence-corrected chi connectivity index (χ0v) is 6.57. The van der Waals surface area contributed by atoms with E-state index in [0.29, 0.717) is 0 Å². The van der Waals surface area contributed by atoms with E-state index in [2.05, 4.69) is 26.1 Å². The van der Waals surface area contributed by atoms with Gasteiger partial charge in [0, 0.05) is 0 Å². The molecule has 0 bridgehead atoms. The molecular weight excluding hydrogens is 128 g/mol. The Morgan fingerprint density at radius 3 is 2.67 bits per heavy atom. The molecule has 0 amide bonds. The highest BCUT2D eigenvalue weighted by atomic mass is 32.1. The normalized spacial score (nSPS) is 12.4. The third-order valence-electron chi connectivity index (χ3n) is 1.03. The lowest BCUT2D eigenvalue weighted by molar-refractivity contribution is 1.15. The van der Waals surface area contributed by atoms with Gasteiger partial charge in [0.1, 0.15) is 0 Å². The van der Waals surface area contributed by atoms with Gasteiger partial charge in [-0.15, -0.1) is 0 Å². The van der Waals surface area contributed by atoms with Crippen molar-refractivity contribution in [2.75, 3.05) is 0 Å². The summed E-state index contributed by atoms with van der Waals surface area (Å²) in [6, 6.07) is 0. The van der Waals surface area contributed by atoms with E-state index in [4.69, 9.17) is 0 Å². The zero-order chi connectivity index (χ0) is 7.11. The van der Waals surface area contributed by atoms with Crippen LogP contribution in [0.5, 0.6) is 0 Å². The summed E-state index contributed by atoms with van der Waals surface area (Å²) in [5.74, 6) is 0. The van der Waals surface area contributed by atoms with Gasteiger partial charge in [0.2, 0.25) is 0 Å². The molecule has 0 atom stereocenters. The zero-order valence-electron chi connectivity index (χ0n) is 5.67. The largest absolute Gasteiger partial charge is 0.151 e. The van der Waals surface area contributed by atoms with Crippen LogP contribution in [0.3, 0.4) is 0 Å². The Balaban J connectivity index is 3.96. The quantitative estimate of drug-likeness (QED) is 0.452. The number of hydrogen-bond acceptors (Lipinski definition) is 1. The summed E-state index contributed by atoms with van der Waals surface area (Å²) in [4.78, 5) is 0. The fourth-order valence-corrected chi connectivity index (χ4v) is 0.730. The van der Waals surface area contributed by atoms with Gasteiger partial charge in [-0.2, -0.15) is 12.6 Å². The first-order chi connectivity index (χ1) is 4.35. The maximum absolute atomic E-state index is 3.95. The van der Waals surface area contributed by atoms with Crippen molar-refractivity contribution in [1.29, 1.82) is 0 Å². The molecule has 0 unspecified atom stereocenters. The topological polar surface area (TPSA) is 0 Å². The smallest absolute Gasteiger partial charge is 0.0307 e. The molecule has 0 aliphatic heterocycles. The maximum Gasteiger partial charge on any atom is -0.0307 e. The first-order valence-corrected chi connectivity index (χ1v) is 3.49. The van der Waals surface area contributed by atoms with Crippen LogP contribution < -0.4 is 0 Å². The Morgan fingerprint density at radius 2 is 2.33 bits per heavy atom. The van der Waals surface area contributed by atoms with Gasteiger partial charge in [0.25, 0.3) is 0 Å². The molecule has 1 heteroatoms. The lowest BCUT2D eigenvalue weighted by Crippen LogP contribution is -1.69. The molecule has 0 spiro atoms. The minimum atomic E-state index is 1.03. The van der Waals surface area contributed by atoms with Crippen molar-refractivity contribution in [2.24, 2.45) is 0 Å². The molecule has 0 nitrogen and oxygen atoms in total. The summed E-state index contributed by atoms with van der Waals surface area (Å²) in [7, 11) is 0. The number of allylic oxidation sites excluding steroid dienone is 4. The first-order valence-electron chi connectivity index (χ1n) is 2.97. The van der Waals surface area contributed by atoms with Crippen LogP contribution in [0, 0.1) is 0 Å². The third-order valence-corrected chi connectivity index (χ3v) is 1.18. The van der Waals surface area contributed by atoms with E-state index in [-0.39, 0.29) is 0 Å². The van der Waals surface area contributed by atoms with E-state index >= 15 is 0 Å². The van der Waals surface area contributed by atoms with Crippen molar-refractivity contribution in [3.63, 3.8) is 0 Å². The molecule has 9 heavy (non-hydrogen) atoms. The van der Waals surface area contributed by atoms with Crippen molar-refractivity contribution >= 4 is 12.6 Å². The minimum absolute atomic E-state index is 1.03. The number of rotatable bonds is 3. The van der Waals surface area contributed by atoms with Crippen molar-refractivity contribution in [3.05, 3.63) is 35.8 Å². The first kappa shape index (κ1) is 8.57. The molecule has 0 fully saturated rings. The van der Waals surface area contributed by atoms with E-state index in [1.165, 1.54) is 5.57 Å². The van der Waals surface area contributed by atoms with Crippen LogP contribution in [0.1, 0.15) is 13.3 Å². The summed E-state index contributed by atoms with van der Waals surface area (Å²) in [5.41, 5.74) is 1.25. The molecule has 0 heterocycles. The molecule has 0 aliphatic rings. The summed E-state index contributed by atoms with van der Waals surface area (Å²) in [5, 5.41) is 1.73. The van der Waals surface area contributed by atoms with E-state index in [9.17, 15) is 0 Å². The van der Waals surface area contributed by atoms with Crippen LogP contribution in [0.4, 0.5) is 0 Å². The fourth-order valence-electron chi connectivity index (χ4n) is 0.538. The molecule has 0 aromatic heterocycles. The van der Waals surface area contributed by atoms with Crippen LogP contribution in [0.2, 0.25) is 0 Å². The molecule has 50 valence electrons. The van der Waals surface area contributed by atoms with E-state index in [1.54, 1.807) is 11.5 Å². The van der Waals surface area contributed by atoms with Gasteiger partial charge in [0.05, 0.1) is 0 Å². The summed E-state index contributed by atoms with van der Waals surface area (Å²) in [6.07, 6.45) is 6.76. The lowest BCUT2D eigenvalue weighted by Gasteiger charge is -1.90. The summed E-state index contributed by atoms with van der Waals surface area (Å²) in [6.45, 7) is 5.70. The highest BCUT2D eigenvalue weighted by molar-refractivity contribution is 7.83. The Bertz CT molecular complexity index is 132. The molecule has 0 N–H and O–H groups in total. The SMILES string of the molecule is C=C/C=C(\C=C/S)CC. The Morgan fingerprint density at radius 1 is 1.67 bits per heavy atom. The van der Waals surface area contributed by atoms with Crippen molar-refractivity contribution in [1.82, 2.24) is 0 Å². The Kier molecular flexibility index (Phi) is 5.43. The Hall–Kier alpha value is -0.430. The standard InChI is InChI=1S/C8H12S/c1-3-5-8(4-2)6-7-9/h3,5-7,9H,1,4H2,2H3/b7-6-,8-5-. The Labute approximate surface area is 62.4 Å². The maximum atomic E-state index is 3.95. The van der Waals surface area contributed by atoms with Crippen LogP contribution in [-0.2, 0) is 0 Å². The van der Waals surface area contributed by atoms with Crippen molar-refractivity contribution in [3.8, 4) is 0 Å². The molecule has 0 saturated carbocycles. The number of thiol groups is 1. The lowest BCUT2D eigenvalue weighted by atomic mass is 10.2. The molecule has 0 aromatic carbocycles. The molecule has 0 radical (unpaired) electrons. The van der Waals surface area contributed by atoms with Crippen LogP contribution in [0.25, 0.3) is 0 Å². The highest BCUT2D eigenvalue weighted by Crippen LogP contribution is 2.02. The van der Waals surface area contributed by atoms with Crippen molar-refractivity contribution in [2.45, 2.75) is 13.3 Å². The fraction of sp³-hybridized carbons (Fsp3) is 0.250. The van der Waals surface area contributed by atoms with Gasteiger partial charge >= 0.3 is 0 Å². The van der Waals surface area contributed by atoms with Gasteiger partial charge in [-0.05, 0) is 17.4 Å².